The van der Waals surface area contributed by atoms with Crippen LogP contribution in [0.1, 0.15) is 0 Å². The molecule has 2 aromatic carbocycles. The van der Waals surface area contributed by atoms with Crippen LogP contribution in [0.2, 0.25) is 0 Å². The summed E-state index contributed by atoms with van der Waals surface area (Å²) >= 11 is 2.40. The minimum Gasteiger partial charge on any atom is -0.258 e. The Morgan fingerprint density at radius 2 is 1.24 bits per heavy atom. The maximum atomic E-state index is 10.7. The van der Waals surface area contributed by atoms with E-state index in [1.54, 1.807) is 24.3 Å². The molecule has 0 aliphatic heterocycles. The Morgan fingerprint density at radius 3 is 1.62 bits per heavy atom. The lowest BCUT2D eigenvalue weighted by Gasteiger charge is -2.03. The molecule has 0 fully saturated rings. The first-order valence-corrected chi connectivity index (χ1v) is 7.27. The standard InChI is InChI=1S/C12H9N3O4S2/c16-14(17)9-3-1-5-11(7-9)20-13-21-12-6-2-4-10(8-12)15(18)19/h1-8,13H. The Hall–Kier alpha value is -2.10. The summed E-state index contributed by atoms with van der Waals surface area (Å²) in [4.78, 5) is 21.8. The fraction of sp³-hybridized carbons (Fsp3) is 0. The van der Waals surface area contributed by atoms with E-state index < -0.39 is 9.85 Å². The van der Waals surface area contributed by atoms with E-state index in [1.165, 1.54) is 48.2 Å². The van der Waals surface area contributed by atoms with Crippen molar-refractivity contribution in [3.63, 3.8) is 0 Å². The monoisotopic (exact) mass is 323 g/mol. The van der Waals surface area contributed by atoms with Gasteiger partial charge in [-0.15, -0.1) is 0 Å². The van der Waals surface area contributed by atoms with Gasteiger partial charge in [0, 0.05) is 34.1 Å². The van der Waals surface area contributed by atoms with Crippen LogP contribution in [0.15, 0.2) is 58.3 Å². The lowest BCUT2D eigenvalue weighted by Crippen LogP contribution is -1.93. The third-order valence-corrected chi connectivity index (χ3v) is 4.02. The predicted molar refractivity (Wildman–Crippen MR) is 81.0 cm³/mol. The van der Waals surface area contributed by atoms with E-state index in [-0.39, 0.29) is 11.4 Å². The quantitative estimate of drug-likeness (QED) is 0.490. The molecule has 9 heteroatoms. The molecule has 0 heterocycles. The summed E-state index contributed by atoms with van der Waals surface area (Å²) < 4.78 is 2.94. The number of nitrogens with one attached hydrogen (secondary N) is 1. The molecule has 108 valence electrons. The zero-order valence-corrected chi connectivity index (χ0v) is 12.1. The van der Waals surface area contributed by atoms with Gasteiger partial charge in [0.2, 0.25) is 0 Å². The molecule has 0 atom stereocenters. The van der Waals surface area contributed by atoms with Gasteiger partial charge in [-0.2, -0.15) is 4.13 Å². The van der Waals surface area contributed by atoms with Crippen molar-refractivity contribution in [2.24, 2.45) is 0 Å². The largest absolute Gasteiger partial charge is 0.270 e. The summed E-state index contributed by atoms with van der Waals surface area (Å²) in [6.07, 6.45) is 0. The van der Waals surface area contributed by atoms with Crippen molar-refractivity contribution in [1.29, 1.82) is 0 Å². The van der Waals surface area contributed by atoms with Gasteiger partial charge in [0.15, 0.2) is 0 Å². The maximum Gasteiger partial charge on any atom is 0.270 e. The summed E-state index contributed by atoms with van der Waals surface area (Å²) in [5.41, 5.74) is 0.0318. The molecule has 21 heavy (non-hydrogen) atoms. The van der Waals surface area contributed by atoms with E-state index >= 15 is 0 Å². The highest BCUT2D eigenvalue weighted by Crippen LogP contribution is 2.26. The fourth-order valence-electron chi connectivity index (χ4n) is 1.44. The number of nitro groups is 2. The lowest BCUT2D eigenvalue weighted by atomic mass is 10.3. The third-order valence-electron chi connectivity index (χ3n) is 2.38. The summed E-state index contributed by atoms with van der Waals surface area (Å²) in [5.74, 6) is 0. The van der Waals surface area contributed by atoms with E-state index in [4.69, 9.17) is 0 Å². The summed E-state index contributed by atoms with van der Waals surface area (Å²) in [5, 5.41) is 21.3. The molecule has 0 aliphatic carbocycles. The van der Waals surface area contributed by atoms with Crippen LogP contribution in [0.25, 0.3) is 0 Å². The van der Waals surface area contributed by atoms with Crippen molar-refractivity contribution in [3.05, 3.63) is 68.8 Å². The van der Waals surface area contributed by atoms with Gasteiger partial charge in [-0.05, 0) is 36.0 Å². The van der Waals surface area contributed by atoms with Gasteiger partial charge < -0.3 is 0 Å². The highest BCUT2D eigenvalue weighted by molar-refractivity contribution is 8.12. The first-order valence-electron chi connectivity index (χ1n) is 5.64. The van der Waals surface area contributed by atoms with E-state index in [1.807, 2.05) is 0 Å². The second-order valence-corrected chi connectivity index (χ2v) is 5.81. The molecule has 2 rings (SSSR count). The van der Waals surface area contributed by atoms with Crippen molar-refractivity contribution in [2.45, 2.75) is 9.79 Å². The first-order chi connectivity index (χ1) is 10.1. The van der Waals surface area contributed by atoms with Gasteiger partial charge in [0.05, 0.1) is 9.85 Å². The average Bonchev–Trinajstić information content (AvgIpc) is 2.48. The molecule has 0 aliphatic rings. The molecule has 1 N–H and O–H groups in total. The number of benzene rings is 2. The molecule has 0 saturated carbocycles. The normalized spacial score (nSPS) is 10.3. The molecule has 0 bridgehead atoms. The van der Waals surface area contributed by atoms with Crippen molar-refractivity contribution >= 4 is 35.3 Å². The van der Waals surface area contributed by atoms with Gasteiger partial charge in [0.25, 0.3) is 11.4 Å². The number of hydrogen-bond acceptors (Lipinski definition) is 7. The Morgan fingerprint density at radius 1 is 0.810 bits per heavy atom. The number of nitrogens with zero attached hydrogens (tertiary/aromatic N) is 2. The van der Waals surface area contributed by atoms with Gasteiger partial charge >= 0.3 is 0 Å². The summed E-state index contributed by atoms with van der Waals surface area (Å²) in [6.45, 7) is 0. The molecule has 2 aromatic rings. The van der Waals surface area contributed by atoms with Crippen LogP contribution >= 0.6 is 23.9 Å². The number of rotatable bonds is 6. The van der Waals surface area contributed by atoms with E-state index in [0.717, 1.165) is 0 Å². The number of nitro benzene ring substituents is 2. The maximum absolute atomic E-state index is 10.7. The van der Waals surface area contributed by atoms with E-state index in [2.05, 4.69) is 4.13 Å². The van der Waals surface area contributed by atoms with Crippen molar-refractivity contribution in [3.8, 4) is 0 Å². The summed E-state index contributed by atoms with van der Waals surface area (Å²) in [7, 11) is 0. The second kappa shape index (κ2) is 7.07. The SMILES string of the molecule is O=[N+]([O-])c1cccc(SNSc2cccc([N+](=O)[O-])c2)c1. The van der Waals surface area contributed by atoms with Gasteiger partial charge in [-0.3, -0.25) is 20.2 Å². The molecule has 0 unspecified atom stereocenters. The van der Waals surface area contributed by atoms with Crippen LogP contribution in [-0.2, 0) is 0 Å². The minimum absolute atomic E-state index is 0.0159. The van der Waals surface area contributed by atoms with Crippen molar-refractivity contribution in [1.82, 2.24) is 4.13 Å². The fourth-order valence-corrected chi connectivity index (χ4v) is 3.03. The smallest absolute Gasteiger partial charge is 0.258 e. The number of non-ortho nitro benzene ring substituents is 2. The zero-order chi connectivity index (χ0) is 15.2. The first kappa shape index (κ1) is 15.3. The van der Waals surface area contributed by atoms with E-state index in [0.29, 0.717) is 9.79 Å². The molecular weight excluding hydrogens is 314 g/mol. The van der Waals surface area contributed by atoms with Crippen LogP contribution in [0.4, 0.5) is 11.4 Å². The Kier molecular flexibility index (Phi) is 5.14. The zero-order valence-electron chi connectivity index (χ0n) is 10.5. The van der Waals surface area contributed by atoms with Crippen LogP contribution in [0.5, 0.6) is 0 Å². The van der Waals surface area contributed by atoms with Crippen LogP contribution in [0.3, 0.4) is 0 Å². The van der Waals surface area contributed by atoms with Crippen LogP contribution < -0.4 is 4.13 Å². The second-order valence-electron chi connectivity index (χ2n) is 3.80. The minimum atomic E-state index is -0.461. The Labute approximate surface area is 128 Å². The topological polar surface area (TPSA) is 98.3 Å². The van der Waals surface area contributed by atoms with Gasteiger partial charge in [-0.1, -0.05) is 12.1 Å². The lowest BCUT2D eigenvalue weighted by molar-refractivity contribution is -0.385. The highest BCUT2D eigenvalue weighted by Gasteiger charge is 2.08. The molecular formula is C12H9N3O4S2. The molecule has 0 saturated heterocycles. The highest BCUT2D eigenvalue weighted by atomic mass is 32.2. The molecule has 0 aromatic heterocycles. The predicted octanol–water partition coefficient (Wildman–Crippen LogP) is 3.81. The van der Waals surface area contributed by atoms with Crippen LogP contribution in [0, 0.1) is 20.2 Å². The van der Waals surface area contributed by atoms with Gasteiger partial charge in [-0.25, -0.2) is 0 Å². The summed E-state index contributed by atoms with van der Waals surface area (Å²) in [6, 6.07) is 12.4. The Bertz CT molecular complexity index is 624. The molecule has 0 radical (unpaired) electrons. The van der Waals surface area contributed by atoms with E-state index in [9.17, 15) is 20.2 Å². The molecule has 7 nitrogen and oxygen atoms in total. The average molecular weight is 323 g/mol. The molecule has 0 amide bonds. The van der Waals surface area contributed by atoms with Crippen molar-refractivity contribution in [2.75, 3.05) is 0 Å². The van der Waals surface area contributed by atoms with Crippen molar-refractivity contribution < 1.29 is 9.85 Å². The third kappa shape index (κ3) is 4.45. The van der Waals surface area contributed by atoms with Gasteiger partial charge in [0.1, 0.15) is 0 Å². The number of hydrogen-bond donors (Lipinski definition) is 1. The molecule has 0 spiro atoms. The van der Waals surface area contributed by atoms with Crippen LogP contribution in [-0.4, -0.2) is 9.85 Å². The Balaban J connectivity index is 1.95.